The number of rotatable bonds is 6. The minimum Gasteiger partial charge on any atom is -0.496 e. The van der Waals surface area contributed by atoms with Gasteiger partial charge in [0.15, 0.2) is 0 Å². The van der Waals surface area contributed by atoms with E-state index >= 15 is 0 Å². The maximum Gasteiger partial charge on any atom is 0.327 e. The molecular weight excluding hydrogens is 242 g/mol. The van der Waals surface area contributed by atoms with E-state index in [4.69, 9.17) is 9.47 Å². The molecular formula is C15H23NO3. The molecule has 1 atom stereocenters. The van der Waals surface area contributed by atoms with Crippen molar-refractivity contribution in [2.75, 3.05) is 20.8 Å². The summed E-state index contributed by atoms with van der Waals surface area (Å²) in [6, 6.07) is 5.41. The maximum absolute atomic E-state index is 12.0. The van der Waals surface area contributed by atoms with Gasteiger partial charge in [-0.05, 0) is 37.6 Å². The summed E-state index contributed by atoms with van der Waals surface area (Å²) in [5, 5.41) is 2.99. The van der Waals surface area contributed by atoms with Crippen molar-refractivity contribution in [3.05, 3.63) is 29.3 Å². The highest BCUT2D eigenvalue weighted by Gasteiger charge is 2.24. The average molecular weight is 265 g/mol. The van der Waals surface area contributed by atoms with Crippen LogP contribution in [0.2, 0.25) is 0 Å². The van der Waals surface area contributed by atoms with E-state index in [1.54, 1.807) is 21.1 Å². The smallest absolute Gasteiger partial charge is 0.327 e. The van der Waals surface area contributed by atoms with Gasteiger partial charge >= 0.3 is 5.97 Å². The van der Waals surface area contributed by atoms with Crippen molar-refractivity contribution in [2.24, 2.45) is 0 Å². The minimum absolute atomic E-state index is 0.288. The fraction of sp³-hybridized carbons (Fsp3) is 0.533. The zero-order chi connectivity index (χ0) is 14.4. The van der Waals surface area contributed by atoms with Crippen molar-refractivity contribution in [1.82, 2.24) is 5.32 Å². The van der Waals surface area contributed by atoms with E-state index < -0.39 is 6.04 Å². The van der Waals surface area contributed by atoms with E-state index in [0.29, 0.717) is 18.3 Å². The van der Waals surface area contributed by atoms with Crippen molar-refractivity contribution in [3.8, 4) is 5.75 Å². The third kappa shape index (κ3) is 3.70. The highest BCUT2D eigenvalue weighted by atomic mass is 16.5. The summed E-state index contributed by atoms with van der Waals surface area (Å²) in [7, 11) is 3.34. The standard InChI is InChI=1S/C15H23NO3/c1-6-19-15(17)14(16-4)12-9-11(10(2)3)7-8-13(12)18-5/h7-10,14,16H,6H2,1-5H3. The molecule has 0 aliphatic heterocycles. The lowest BCUT2D eigenvalue weighted by Gasteiger charge is -2.19. The zero-order valence-corrected chi connectivity index (χ0v) is 12.3. The number of likely N-dealkylation sites (N-methyl/N-ethyl adjacent to an activating group) is 1. The summed E-state index contributed by atoms with van der Waals surface area (Å²) in [5.74, 6) is 0.797. The molecule has 1 N–H and O–H groups in total. The Kier molecular flexibility index (Phi) is 5.83. The van der Waals surface area contributed by atoms with Crippen molar-refractivity contribution in [2.45, 2.75) is 32.7 Å². The highest BCUT2D eigenvalue weighted by Crippen LogP contribution is 2.29. The van der Waals surface area contributed by atoms with Gasteiger partial charge in [0.05, 0.1) is 13.7 Å². The molecule has 0 fully saturated rings. The lowest BCUT2D eigenvalue weighted by atomic mass is 9.97. The predicted molar refractivity (Wildman–Crippen MR) is 75.5 cm³/mol. The fourth-order valence-electron chi connectivity index (χ4n) is 1.96. The van der Waals surface area contributed by atoms with Gasteiger partial charge in [0.2, 0.25) is 0 Å². The first-order valence-corrected chi connectivity index (χ1v) is 6.56. The van der Waals surface area contributed by atoms with Crippen molar-refractivity contribution in [1.29, 1.82) is 0 Å². The van der Waals surface area contributed by atoms with Gasteiger partial charge in [0.1, 0.15) is 11.8 Å². The lowest BCUT2D eigenvalue weighted by Crippen LogP contribution is -2.28. The number of hydrogen-bond donors (Lipinski definition) is 1. The van der Waals surface area contributed by atoms with E-state index in [2.05, 4.69) is 19.2 Å². The van der Waals surface area contributed by atoms with Crippen LogP contribution in [-0.4, -0.2) is 26.7 Å². The number of ether oxygens (including phenoxy) is 2. The number of esters is 1. The third-order valence-corrected chi connectivity index (χ3v) is 3.04. The summed E-state index contributed by atoms with van der Waals surface area (Å²) < 4.78 is 10.4. The zero-order valence-electron chi connectivity index (χ0n) is 12.3. The van der Waals surface area contributed by atoms with E-state index in [9.17, 15) is 4.79 Å². The van der Waals surface area contributed by atoms with E-state index in [1.807, 2.05) is 18.2 Å². The summed E-state index contributed by atoms with van der Waals surface area (Å²) in [6.45, 7) is 6.39. The van der Waals surface area contributed by atoms with Crippen LogP contribution in [0, 0.1) is 0 Å². The Hall–Kier alpha value is -1.55. The first-order chi connectivity index (χ1) is 9.04. The summed E-state index contributed by atoms with van der Waals surface area (Å²) in [5.41, 5.74) is 1.98. The second-order valence-corrected chi connectivity index (χ2v) is 4.63. The number of hydrogen-bond acceptors (Lipinski definition) is 4. The molecule has 0 radical (unpaired) electrons. The highest BCUT2D eigenvalue weighted by molar-refractivity contribution is 5.78. The third-order valence-electron chi connectivity index (χ3n) is 3.04. The van der Waals surface area contributed by atoms with E-state index in [1.165, 1.54) is 5.56 Å². The summed E-state index contributed by atoms with van der Waals surface area (Å²) >= 11 is 0. The largest absolute Gasteiger partial charge is 0.496 e. The monoisotopic (exact) mass is 265 g/mol. The molecule has 0 aliphatic rings. The Labute approximate surface area is 115 Å². The Balaban J connectivity index is 3.19. The molecule has 0 saturated carbocycles. The molecule has 0 amide bonds. The van der Waals surface area contributed by atoms with Crippen molar-refractivity contribution >= 4 is 5.97 Å². The van der Waals surface area contributed by atoms with Gasteiger partial charge in [0.25, 0.3) is 0 Å². The normalized spacial score (nSPS) is 12.3. The lowest BCUT2D eigenvalue weighted by molar-refractivity contribution is -0.145. The second kappa shape index (κ2) is 7.14. The molecule has 19 heavy (non-hydrogen) atoms. The van der Waals surface area contributed by atoms with Crippen LogP contribution < -0.4 is 10.1 Å². The van der Waals surface area contributed by atoms with Gasteiger partial charge in [0, 0.05) is 5.56 Å². The Morgan fingerprint density at radius 3 is 2.53 bits per heavy atom. The molecule has 1 unspecified atom stereocenters. The molecule has 4 nitrogen and oxygen atoms in total. The topological polar surface area (TPSA) is 47.6 Å². The van der Waals surface area contributed by atoms with Gasteiger partial charge in [-0.15, -0.1) is 0 Å². The molecule has 4 heteroatoms. The quantitative estimate of drug-likeness (QED) is 0.803. The predicted octanol–water partition coefficient (Wildman–Crippen LogP) is 2.64. The summed E-state index contributed by atoms with van der Waals surface area (Å²) in [6.07, 6.45) is 0. The SMILES string of the molecule is CCOC(=O)C(NC)c1cc(C(C)C)ccc1OC. The maximum atomic E-state index is 12.0. The minimum atomic E-state index is -0.506. The number of carbonyl (C=O) groups is 1. The van der Waals surface area contributed by atoms with Crippen molar-refractivity contribution < 1.29 is 14.3 Å². The Morgan fingerprint density at radius 2 is 2.05 bits per heavy atom. The van der Waals surface area contributed by atoms with Gasteiger partial charge in [-0.1, -0.05) is 19.9 Å². The first kappa shape index (κ1) is 15.5. The van der Waals surface area contributed by atoms with E-state index in [0.717, 1.165) is 5.56 Å². The number of carbonyl (C=O) groups excluding carboxylic acids is 1. The van der Waals surface area contributed by atoms with Gasteiger partial charge < -0.3 is 14.8 Å². The molecule has 1 aromatic carbocycles. The molecule has 1 rings (SSSR count). The van der Waals surface area contributed by atoms with Crippen LogP contribution in [0.15, 0.2) is 18.2 Å². The fourth-order valence-corrected chi connectivity index (χ4v) is 1.96. The molecule has 0 aromatic heterocycles. The molecule has 106 valence electrons. The molecule has 0 bridgehead atoms. The second-order valence-electron chi connectivity index (χ2n) is 4.63. The molecule has 0 spiro atoms. The van der Waals surface area contributed by atoms with E-state index in [-0.39, 0.29) is 5.97 Å². The number of methoxy groups -OCH3 is 1. The van der Waals surface area contributed by atoms with Gasteiger partial charge in [-0.3, -0.25) is 0 Å². The van der Waals surface area contributed by atoms with Crippen LogP contribution in [0.4, 0.5) is 0 Å². The molecule has 0 aliphatic carbocycles. The van der Waals surface area contributed by atoms with Crippen LogP contribution in [0.5, 0.6) is 5.75 Å². The number of nitrogens with one attached hydrogen (secondary N) is 1. The molecule has 0 saturated heterocycles. The summed E-state index contributed by atoms with van der Waals surface area (Å²) in [4.78, 5) is 12.0. The van der Waals surface area contributed by atoms with Crippen LogP contribution in [0.1, 0.15) is 43.9 Å². The van der Waals surface area contributed by atoms with Gasteiger partial charge in [-0.2, -0.15) is 0 Å². The first-order valence-electron chi connectivity index (χ1n) is 6.56. The van der Waals surface area contributed by atoms with Crippen molar-refractivity contribution in [3.63, 3.8) is 0 Å². The van der Waals surface area contributed by atoms with Gasteiger partial charge in [-0.25, -0.2) is 4.79 Å². The van der Waals surface area contributed by atoms with Crippen LogP contribution in [-0.2, 0) is 9.53 Å². The molecule has 1 aromatic rings. The molecule has 0 heterocycles. The number of benzene rings is 1. The van der Waals surface area contributed by atoms with Crippen LogP contribution in [0.25, 0.3) is 0 Å². The average Bonchev–Trinajstić information content (AvgIpc) is 2.39. The van der Waals surface area contributed by atoms with Crippen LogP contribution >= 0.6 is 0 Å². The Morgan fingerprint density at radius 1 is 1.37 bits per heavy atom. The Bertz CT molecular complexity index is 429. The van der Waals surface area contributed by atoms with Crippen LogP contribution in [0.3, 0.4) is 0 Å².